The molecule has 3 aliphatic rings. The van der Waals surface area contributed by atoms with Gasteiger partial charge in [-0.1, -0.05) is 38.5 Å². The van der Waals surface area contributed by atoms with Crippen molar-refractivity contribution in [3.8, 4) is 0 Å². The van der Waals surface area contributed by atoms with Crippen molar-refractivity contribution in [2.24, 2.45) is 17.6 Å². The van der Waals surface area contributed by atoms with E-state index in [9.17, 15) is 0 Å². The van der Waals surface area contributed by atoms with Crippen LogP contribution in [0.4, 0.5) is 0 Å². The molecule has 2 N–H and O–H groups in total. The highest BCUT2D eigenvalue weighted by molar-refractivity contribution is 4.94. The Morgan fingerprint density at radius 2 is 1.53 bits per heavy atom. The third-order valence-electron chi connectivity index (χ3n) is 6.03. The van der Waals surface area contributed by atoms with Gasteiger partial charge in [-0.15, -0.1) is 0 Å². The first kappa shape index (κ1) is 13.9. The molecule has 2 atom stereocenters. The molecule has 2 heteroatoms. The van der Waals surface area contributed by atoms with Gasteiger partial charge >= 0.3 is 0 Å². The van der Waals surface area contributed by atoms with Crippen molar-refractivity contribution in [1.82, 2.24) is 0 Å². The molecule has 1 heterocycles. The van der Waals surface area contributed by atoms with E-state index in [2.05, 4.69) is 0 Å². The van der Waals surface area contributed by atoms with Crippen molar-refractivity contribution in [2.75, 3.05) is 6.61 Å². The monoisotopic (exact) mass is 265 g/mol. The normalized spacial score (nSPS) is 34.3. The van der Waals surface area contributed by atoms with E-state index >= 15 is 0 Å². The molecular weight excluding hydrogens is 234 g/mol. The molecule has 1 spiro atoms. The van der Waals surface area contributed by atoms with E-state index in [1.165, 1.54) is 77.0 Å². The predicted octanol–water partition coefficient (Wildman–Crippen LogP) is 4.02. The maximum absolute atomic E-state index is 6.66. The molecule has 0 bridgehead atoms. The van der Waals surface area contributed by atoms with Crippen LogP contribution in [0.3, 0.4) is 0 Å². The van der Waals surface area contributed by atoms with Crippen LogP contribution in [0.1, 0.15) is 77.0 Å². The van der Waals surface area contributed by atoms with Crippen LogP contribution in [0.2, 0.25) is 0 Å². The summed E-state index contributed by atoms with van der Waals surface area (Å²) in [7, 11) is 0. The van der Waals surface area contributed by atoms with Gasteiger partial charge in [-0.05, 0) is 50.4 Å². The van der Waals surface area contributed by atoms with E-state index in [4.69, 9.17) is 10.5 Å². The topological polar surface area (TPSA) is 35.2 Å². The van der Waals surface area contributed by atoms with E-state index in [0.29, 0.717) is 6.04 Å². The molecule has 0 aromatic rings. The fourth-order valence-electron chi connectivity index (χ4n) is 4.84. The lowest BCUT2D eigenvalue weighted by Gasteiger charge is -2.46. The molecule has 19 heavy (non-hydrogen) atoms. The Morgan fingerprint density at radius 1 is 0.842 bits per heavy atom. The largest absolute Gasteiger partial charge is 0.375 e. The molecule has 2 nitrogen and oxygen atoms in total. The molecule has 3 fully saturated rings. The Kier molecular flexibility index (Phi) is 4.48. The molecule has 2 aliphatic carbocycles. The highest BCUT2D eigenvalue weighted by Gasteiger charge is 2.41. The molecule has 0 aromatic carbocycles. The summed E-state index contributed by atoms with van der Waals surface area (Å²) >= 11 is 0. The third-order valence-corrected chi connectivity index (χ3v) is 6.03. The van der Waals surface area contributed by atoms with Gasteiger partial charge < -0.3 is 10.5 Å². The zero-order valence-corrected chi connectivity index (χ0v) is 12.4. The lowest BCUT2D eigenvalue weighted by molar-refractivity contribution is -0.123. The van der Waals surface area contributed by atoms with Gasteiger partial charge in [0.25, 0.3) is 0 Å². The summed E-state index contributed by atoms with van der Waals surface area (Å²) in [5.41, 5.74) is 6.89. The Morgan fingerprint density at radius 3 is 2.26 bits per heavy atom. The average molecular weight is 265 g/mol. The molecule has 1 saturated heterocycles. The fourth-order valence-corrected chi connectivity index (χ4v) is 4.84. The minimum atomic E-state index is 0.230. The average Bonchev–Trinajstić information content (AvgIpc) is 2.48. The molecule has 2 saturated carbocycles. The second-order valence-electron chi connectivity index (χ2n) is 7.32. The highest BCUT2D eigenvalue weighted by Crippen LogP contribution is 2.43. The molecule has 0 radical (unpaired) electrons. The summed E-state index contributed by atoms with van der Waals surface area (Å²) in [5.74, 6) is 1.53. The quantitative estimate of drug-likeness (QED) is 0.818. The molecule has 0 aromatic heterocycles. The van der Waals surface area contributed by atoms with Gasteiger partial charge in [0.05, 0.1) is 5.60 Å². The van der Waals surface area contributed by atoms with Gasteiger partial charge in [-0.2, -0.15) is 0 Å². The van der Waals surface area contributed by atoms with E-state index < -0.39 is 0 Å². The Hall–Kier alpha value is -0.0800. The molecule has 0 amide bonds. The van der Waals surface area contributed by atoms with Crippen molar-refractivity contribution >= 4 is 0 Å². The first-order valence-corrected chi connectivity index (χ1v) is 8.69. The van der Waals surface area contributed by atoms with Gasteiger partial charge in [0, 0.05) is 12.6 Å². The standard InChI is InChI=1S/C17H31NO/c18-16(14-7-3-1-4-8-14)15-9-12-19-17(13-15)10-5-2-6-11-17/h14-16H,1-13,18H2. The maximum Gasteiger partial charge on any atom is 0.0685 e. The lowest BCUT2D eigenvalue weighted by Crippen LogP contribution is -2.48. The molecule has 1 aliphatic heterocycles. The van der Waals surface area contributed by atoms with E-state index in [-0.39, 0.29) is 5.60 Å². The van der Waals surface area contributed by atoms with Gasteiger partial charge in [0.2, 0.25) is 0 Å². The van der Waals surface area contributed by atoms with E-state index in [1.807, 2.05) is 0 Å². The first-order valence-electron chi connectivity index (χ1n) is 8.69. The number of rotatable bonds is 2. The number of hydrogen-bond donors (Lipinski definition) is 1. The smallest absolute Gasteiger partial charge is 0.0685 e. The van der Waals surface area contributed by atoms with Crippen LogP contribution >= 0.6 is 0 Å². The Balaban J connectivity index is 1.60. The van der Waals surface area contributed by atoms with Crippen LogP contribution < -0.4 is 5.73 Å². The lowest BCUT2D eigenvalue weighted by atomic mass is 9.70. The van der Waals surface area contributed by atoms with Crippen molar-refractivity contribution in [2.45, 2.75) is 88.7 Å². The number of nitrogens with two attached hydrogens (primary N) is 1. The summed E-state index contributed by atoms with van der Waals surface area (Å²) < 4.78 is 6.22. The second kappa shape index (κ2) is 6.13. The minimum absolute atomic E-state index is 0.230. The number of ether oxygens (including phenoxy) is 1. The Labute approximate surface area is 118 Å². The van der Waals surface area contributed by atoms with Crippen LogP contribution in [-0.2, 0) is 4.74 Å². The van der Waals surface area contributed by atoms with Crippen molar-refractivity contribution in [3.05, 3.63) is 0 Å². The van der Waals surface area contributed by atoms with E-state index in [0.717, 1.165) is 18.4 Å². The van der Waals surface area contributed by atoms with Crippen molar-refractivity contribution < 1.29 is 4.74 Å². The Bertz CT molecular complexity index is 273. The molecule has 110 valence electrons. The fraction of sp³-hybridized carbons (Fsp3) is 1.00. The van der Waals surface area contributed by atoms with Crippen LogP contribution in [0.5, 0.6) is 0 Å². The summed E-state index contributed by atoms with van der Waals surface area (Å²) in [6.07, 6.45) is 16.2. The summed E-state index contributed by atoms with van der Waals surface area (Å²) in [5, 5.41) is 0. The van der Waals surface area contributed by atoms with Crippen LogP contribution in [0, 0.1) is 11.8 Å². The summed E-state index contributed by atoms with van der Waals surface area (Å²) in [4.78, 5) is 0. The third kappa shape index (κ3) is 3.16. The molecule has 2 unspecified atom stereocenters. The van der Waals surface area contributed by atoms with Gasteiger partial charge in [0.15, 0.2) is 0 Å². The first-order chi connectivity index (χ1) is 9.29. The summed E-state index contributed by atoms with van der Waals surface area (Å²) in [6, 6.07) is 0.447. The SMILES string of the molecule is NC(C1CCCCC1)C1CCOC2(CCCCC2)C1. The van der Waals surface area contributed by atoms with E-state index in [1.54, 1.807) is 0 Å². The van der Waals surface area contributed by atoms with Crippen LogP contribution in [0.25, 0.3) is 0 Å². The van der Waals surface area contributed by atoms with Crippen molar-refractivity contribution in [3.63, 3.8) is 0 Å². The number of hydrogen-bond acceptors (Lipinski definition) is 2. The van der Waals surface area contributed by atoms with Crippen LogP contribution in [0.15, 0.2) is 0 Å². The molecular formula is C17H31NO. The van der Waals surface area contributed by atoms with Crippen LogP contribution in [-0.4, -0.2) is 18.2 Å². The maximum atomic E-state index is 6.66. The summed E-state index contributed by atoms with van der Waals surface area (Å²) in [6.45, 7) is 0.963. The highest BCUT2D eigenvalue weighted by atomic mass is 16.5. The van der Waals surface area contributed by atoms with Gasteiger partial charge in [-0.25, -0.2) is 0 Å². The minimum Gasteiger partial charge on any atom is -0.375 e. The predicted molar refractivity (Wildman–Crippen MR) is 79.0 cm³/mol. The zero-order valence-electron chi connectivity index (χ0n) is 12.4. The van der Waals surface area contributed by atoms with Crippen molar-refractivity contribution in [1.29, 1.82) is 0 Å². The second-order valence-corrected chi connectivity index (χ2v) is 7.32. The molecule has 3 rings (SSSR count). The zero-order chi connectivity index (χ0) is 13.1. The van der Waals surface area contributed by atoms with Gasteiger partial charge in [-0.3, -0.25) is 0 Å². The van der Waals surface area contributed by atoms with Gasteiger partial charge in [0.1, 0.15) is 0 Å².